The van der Waals surface area contributed by atoms with E-state index in [9.17, 15) is 9.59 Å². The van der Waals surface area contributed by atoms with Gasteiger partial charge in [-0.05, 0) is 17.2 Å². The number of rotatable bonds is 10. The molecule has 30 heavy (non-hydrogen) atoms. The van der Waals surface area contributed by atoms with Gasteiger partial charge in [0, 0.05) is 31.3 Å². The van der Waals surface area contributed by atoms with Crippen molar-refractivity contribution in [3.05, 3.63) is 120 Å². The van der Waals surface area contributed by atoms with Crippen LogP contribution in [0.3, 0.4) is 0 Å². The van der Waals surface area contributed by atoms with Crippen LogP contribution >= 0.6 is 0 Å². The quantitative estimate of drug-likeness (QED) is 0.282. The number of nitrogens with zero attached hydrogens (tertiary/aromatic N) is 1. The minimum atomic E-state index is -0.515. The minimum absolute atomic E-state index is 0.220. The number of carbonyl (C=O) groups is 2. The molecule has 0 bridgehead atoms. The standard InChI is InChI=1S/C26H25NO3/c28-25(24-14-8-3-9-15-24)16-17-26(29)30-19-18-27(20-22-10-4-1-5-11-22)21-23-12-6-2-7-13-23/h1-17H,18-21H2/b17-16-. The summed E-state index contributed by atoms with van der Waals surface area (Å²) in [5, 5.41) is 0. The number of ketones is 1. The van der Waals surface area contributed by atoms with E-state index in [0.717, 1.165) is 13.1 Å². The van der Waals surface area contributed by atoms with Gasteiger partial charge in [-0.15, -0.1) is 0 Å². The second-order valence-corrected chi connectivity index (χ2v) is 6.91. The molecule has 0 heterocycles. The zero-order chi connectivity index (χ0) is 21.0. The van der Waals surface area contributed by atoms with E-state index < -0.39 is 5.97 Å². The fourth-order valence-corrected chi connectivity index (χ4v) is 3.06. The van der Waals surface area contributed by atoms with Gasteiger partial charge in [0.2, 0.25) is 0 Å². The van der Waals surface area contributed by atoms with Crippen molar-refractivity contribution in [3.63, 3.8) is 0 Å². The molecule has 4 nitrogen and oxygen atoms in total. The molecule has 0 unspecified atom stereocenters. The number of benzene rings is 3. The number of allylic oxidation sites excluding steroid dienone is 1. The zero-order valence-corrected chi connectivity index (χ0v) is 16.8. The third-order valence-electron chi connectivity index (χ3n) is 4.58. The fourth-order valence-electron chi connectivity index (χ4n) is 3.06. The predicted octanol–water partition coefficient (Wildman–Crippen LogP) is 4.67. The molecule has 0 saturated heterocycles. The summed E-state index contributed by atoms with van der Waals surface area (Å²) in [6, 6.07) is 29.2. The molecule has 3 rings (SSSR count). The highest BCUT2D eigenvalue weighted by atomic mass is 16.5. The van der Waals surface area contributed by atoms with Crippen molar-refractivity contribution in [3.8, 4) is 0 Å². The maximum Gasteiger partial charge on any atom is 0.330 e. The van der Waals surface area contributed by atoms with Crippen molar-refractivity contribution in [2.75, 3.05) is 13.2 Å². The Labute approximate surface area is 177 Å². The van der Waals surface area contributed by atoms with Crippen LogP contribution in [0.4, 0.5) is 0 Å². The molecule has 3 aromatic rings. The molecule has 0 aliphatic rings. The normalized spacial score (nSPS) is 11.0. The van der Waals surface area contributed by atoms with Crippen LogP contribution in [-0.4, -0.2) is 29.8 Å². The lowest BCUT2D eigenvalue weighted by atomic mass is 10.1. The largest absolute Gasteiger partial charge is 0.461 e. The number of esters is 1. The summed E-state index contributed by atoms with van der Waals surface area (Å²) in [7, 11) is 0. The van der Waals surface area contributed by atoms with Crippen molar-refractivity contribution in [2.24, 2.45) is 0 Å². The van der Waals surface area contributed by atoms with Gasteiger partial charge in [-0.2, -0.15) is 0 Å². The molecule has 0 atom stereocenters. The lowest BCUT2D eigenvalue weighted by molar-refractivity contribution is -0.138. The van der Waals surface area contributed by atoms with E-state index in [0.29, 0.717) is 12.1 Å². The smallest absolute Gasteiger partial charge is 0.330 e. The number of hydrogen-bond donors (Lipinski definition) is 0. The van der Waals surface area contributed by atoms with Gasteiger partial charge in [-0.3, -0.25) is 9.69 Å². The van der Waals surface area contributed by atoms with Crippen molar-refractivity contribution in [1.29, 1.82) is 0 Å². The highest BCUT2D eigenvalue weighted by Crippen LogP contribution is 2.10. The third-order valence-corrected chi connectivity index (χ3v) is 4.58. The lowest BCUT2D eigenvalue weighted by Crippen LogP contribution is -2.27. The summed E-state index contributed by atoms with van der Waals surface area (Å²) >= 11 is 0. The van der Waals surface area contributed by atoms with Crippen LogP contribution in [0.1, 0.15) is 21.5 Å². The van der Waals surface area contributed by atoms with Gasteiger partial charge in [-0.25, -0.2) is 4.79 Å². The van der Waals surface area contributed by atoms with Crippen molar-refractivity contribution < 1.29 is 14.3 Å². The summed E-state index contributed by atoms with van der Waals surface area (Å²) in [5.74, 6) is -0.735. The first-order valence-corrected chi connectivity index (χ1v) is 9.95. The van der Waals surface area contributed by atoms with Gasteiger partial charge in [0.25, 0.3) is 0 Å². The molecule has 0 aliphatic carbocycles. The second-order valence-electron chi connectivity index (χ2n) is 6.91. The van der Waals surface area contributed by atoms with E-state index in [1.165, 1.54) is 23.3 Å². The monoisotopic (exact) mass is 399 g/mol. The lowest BCUT2D eigenvalue weighted by Gasteiger charge is -2.22. The molecule has 0 aromatic heterocycles. The summed E-state index contributed by atoms with van der Waals surface area (Å²) in [5.41, 5.74) is 2.94. The number of hydrogen-bond acceptors (Lipinski definition) is 4. The predicted molar refractivity (Wildman–Crippen MR) is 118 cm³/mol. The van der Waals surface area contributed by atoms with Crippen molar-refractivity contribution in [2.45, 2.75) is 13.1 Å². The van der Waals surface area contributed by atoms with Crippen LogP contribution in [0.5, 0.6) is 0 Å². The van der Waals surface area contributed by atoms with Gasteiger partial charge in [0.05, 0.1) is 0 Å². The van der Waals surface area contributed by atoms with Gasteiger partial charge < -0.3 is 4.74 Å². The van der Waals surface area contributed by atoms with Gasteiger partial charge in [-0.1, -0.05) is 91.0 Å². The van der Waals surface area contributed by atoms with Crippen molar-refractivity contribution in [1.82, 2.24) is 4.90 Å². The maximum atomic E-state index is 12.0. The molecular formula is C26H25NO3. The SMILES string of the molecule is O=C(/C=C\C(=O)c1ccccc1)OCCN(Cc1ccccc1)Cc1ccccc1. The van der Waals surface area contributed by atoms with Gasteiger partial charge in [0.1, 0.15) is 6.61 Å². The van der Waals surface area contributed by atoms with E-state index in [4.69, 9.17) is 4.74 Å². The first-order valence-electron chi connectivity index (χ1n) is 9.95. The third kappa shape index (κ3) is 7.15. The average Bonchev–Trinajstić information content (AvgIpc) is 2.79. The number of ether oxygens (including phenoxy) is 1. The maximum absolute atomic E-state index is 12.0. The van der Waals surface area contributed by atoms with E-state index >= 15 is 0 Å². The Morgan fingerprint density at radius 2 is 1.20 bits per heavy atom. The van der Waals surface area contributed by atoms with E-state index in [1.807, 2.05) is 42.5 Å². The Hall–Kier alpha value is -3.50. The molecule has 3 aromatic carbocycles. The molecule has 0 radical (unpaired) electrons. The Morgan fingerprint density at radius 3 is 1.73 bits per heavy atom. The topological polar surface area (TPSA) is 46.6 Å². The van der Waals surface area contributed by atoms with Crippen LogP contribution in [0.2, 0.25) is 0 Å². The van der Waals surface area contributed by atoms with Crippen LogP contribution in [0.25, 0.3) is 0 Å². The molecule has 0 N–H and O–H groups in total. The van der Waals surface area contributed by atoms with Crippen LogP contribution in [-0.2, 0) is 22.6 Å². The average molecular weight is 399 g/mol. The highest BCUT2D eigenvalue weighted by molar-refractivity contribution is 6.06. The molecule has 0 aliphatic heterocycles. The second kappa shape index (κ2) is 11.5. The molecule has 0 spiro atoms. The zero-order valence-electron chi connectivity index (χ0n) is 16.8. The summed E-state index contributed by atoms with van der Waals surface area (Å²) in [6.45, 7) is 2.36. The molecular weight excluding hydrogens is 374 g/mol. The van der Waals surface area contributed by atoms with Crippen LogP contribution < -0.4 is 0 Å². The molecule has 152 valence electrons. The first kappa shape index (κ1) is 21.2. The Morgan fingerprint density at radius 1 is 0.700 bits per heavy atom. The van der Waals surface area contributed by atoms with Crippen molar-refractivity contribution >= 4 is 11.8 Å². The molecule has 0 fully saturated rings. The van der Waals surface area contributed by atoms with Gasteiger partial charge >= 0.3 is 5.97 Å². The first-order chi connectivity index (χ1) is 14.7. The Bertz CT molecular complexity index is 912. The molecule has 0 saturated carbocycles. The van der Waals surface area contributed by atoms with E-state index in [-0.39, 0.29) is 12.4 Å². The molecule has 4 heteroatoms. The summed E-state index contributed by atoms with van der Waals surface area (Å²) in [6.07, 6.45) is 2.44. The molecule has 0 amide bonds. The van der Waals surface area contributed by atoms with Crippen LogP contribution in [0.15, 0.2) is 103 Å². The van der Waals surface area contributed by atoms with E-state index in [2.05, 4.69) is 29.2 Å². The Balaban J connectivity index is 1.52. The fraction of sp³-hybridized carbons (Fsp3) is 0.154. The highest BCUT2D eigenvalue weighted by Gasteiger charge is 2.09. The van der Waals surface area contributed by atoms with Gasteiger partial charge in [0.15, 0.2) is 5.78 Å². The minimum Gasteiger partial charge on any atom is -0.461 e. The Kier molecular flexibility index (Phi) is 8.12. The number of carbonyl (C=O) groups excluding carboxylic acids is 2. The summed E-state index contributed by atoms with van der Waals surface area (Å²) in [4.78, 5) is 26.3. The summed E-state index contributed by atoms with van der Waals surface area (Å²) < 4.78 is 5.31. The van der Waals surface area contributed by atoms with Crippen LogP contribution in [0, 0.1) is 0 Å². The van der Waals surface area contributed by atoms with E-state index in [1.54, 1.807) is 24.3 Å².